The van der Waals surface area contributed by atoms with Gasteiger partial charge in [0.2, 0.25) is 5.95 Å². The lowest BCUT2D eigenvalue weighted by Gasteiger charge is -2.13. The Morgan fingerprint density at radius 2 is 1.84 bits per heavy atom. The lowest BCUT2D eigenvalue weighted by atomic mass is 10.00. The Morgan fingerprint density at radius 1 is 1.11 bits per heavy atom. The van der Waals surface area contributed by atoms with E-state index in [1.54, 1.807) is 0 Å². The molecule has 1 aromatic heterocycles. The average Bonchev–Trinajstić information content (AvgIpc) is 2.67. The van der Waals surface area contributed by atoms with Gasteiger partial charge in [-0.25, -0.2) is 4.98 Å². The molecule has 0 unspecified atom stereocenters. The van der Waals surface area contributed by atoms with Crippen molar-refractivity contribution in [2.24, 2.45) is 0 Å². The smallest absolute Gasteiger partial charge is 0.223 e. The Balaban J connectivity index is 2.06. The van der Waals surface area contributed by atoms with E-state index in [4.69, 9.17) is 10.5 Å². The van der Waals surface area contributed by atoms with Crippen LogP contribution in [0, 0.1) is 0 Å². The summed E-state index contributed by atoms with van der Waals surface area (Å²) in [7, 11) is 0. The van der Waals surface area contributed by atoms with E-state index in [9.17, 15) is 0 Å². The summed E-state index contributed by atoms with van der Waals surface area (Å²) >= 11 is 0. The Hall–Kier alpha value is -1.23. The summed E-state index contributed by atoms with van der Waals surface area (Å²) in [5.74, 6) is 2.30. The van der Waals surface area contributed by atoms with Crippen LogP contribution in [0.1, 0.15) is 69.4 Å². The Bertz CT molecular complexity index is 389. The van der Waals surface area contributed by atoms with Crippen molar-refractivity contribution in [1.29, 1.82) is 0 Å². The molecule has 1 heterocycles. The molecule has 5 nitrogen and oxygen atoms in total. The third-order valence-electron chi connectivity index (χ3n) is 3.52. The van der Waals surface area contributed by atoms with Gasteiger partial charge in [0.25, 0.3) is 0 Å². The van der Waals surface area contributed by atoms with Gasteiger partial charge in [0.15, 0.2) is 5.82 Å². The first-order chi connectivity index (χ1) is 9.29. The highest BCUT2D eigenvalue weighted by Gasteiger charge is 2.18. The van der Waals surface area contributed by atoms with Gasteiger partial charge in [-0.1, -0.05) is 32.6 Å². The fraction of sp³-hybridized carbons (Fsp3) is 0.786. The lowest BCUT2D eigenvalue weighted by molar-refractivity contribution is 0.115. The molecule has 1 aliphatic carbocycles. The second-order valence-electron chi connectivity index (χ2n) is 5.21. The van der Waals surface area contributed by atoms with Crippen LogP contribution >= 0.6 is 0 Å². The zero-order valence-corrected chi connectivity index (χ0v) is 11.8. The molecule has 0 atom stereocenters. The van der Waals surface area contributed by atoms with Crippen molar-refractivity contribution >= 4 is 5.95 Å². The van der Waals surface area contributed by atoms with Gasteiger partial charge in [-0.3, -0.25) is 0 Å². The lowest BCUT2D eigenvalue weighted by Crippen LogP contribution is -2.12. The number of nitrogens with zero attached hydrogens (tertiary/aromatic N) is 3. The van der Waals surface area contributed by atoms with Crippen molar-refractivity contribution in [3.05, 3.63) is 11.6 Å². The van der Waals surface area contributed by atoms with Crippen LogP contribution in [0.4, 0.5) is 5.95 Å². The van der Waals surface area contributed by atoms with Gasteiger partial charge in [-0.05, 0) is 19.3 Å². The Morgan fingerprint density at radius 3 is 2.53 bits per heavy atom. The number of ether oxygens (including phenoxy) is 1. The highest BCUT2D eigenvalue weighted by Crippen LogP contribution is 2.29. The third-order valence-corrected chi connectivity index (χ3v) is 3.52. The molecule has 106 valence electrons. The second-order valence-corrected chi connectivity index (χ2v) is 5.21. The Labute approximate surface area is 115 Å². The summed E-state index contributed by atoms with van der Waals surface area (Å²) in [5, 5.41) is 0. The average molecular weight is 264 g/mol. The number of hydrogen-bond acceptors (Lipinski definition) is 5. The molecule has 0 aliphatic heterocycles. The molecule has 1 aromatic rings. The maximum atomic E-state index is 5.79. The summed E-state index contributed by atoms with van der Waals surface area (Å²) in [5.41, 5.74) is 5.79. The normalized spacial score (nSPS) is 17.3. The zero-order chi connectivity index (χ0) is 13.5. The highest BCUT2D eigenvalue weighted by molar-refractivity contribution is 5.17. The van der Waals surface area contributed by atoms with Crippen molar-refractivity contribution in [2.45, 2.75) is 64.4 Å². The summed E-state index contributed by atoms with van der Waals surface area (Å²) in [6.07, 6.45) is 8.50. The van der Waals surface area contributed by atoms with Crippen LogP contribution in [-0.4, -0.2) is 21.6 Å². The van der Waals surface area contributed by atoms with Gasteiger partial charge < -0.3 is 10.5 Å². The molecule has 0 amide bonds. The topological polar surface area (TPSA) is 73.9 Å². The van der Waals surface area contributed by atoms with Crippen molar-refractivity contribution in [3.8, 4) is 0 Å². The molecule has 1 saturated carbocycles. The standard InChI is InChI=1S/C14H24N4O/c1-2-9-19-10-12-16-13(18-14(15)17-12)11-7-5-3-4-6-8-11/h11H,2-10H2,1H3,(H2,15,16,17,18). The van der Waals surface area contributed by atoms with Crippen molar-refractivity contribution in [3.63, 3.8) is 0 Å². The number of nitrogens with two attached hydrogens (primary N) is 1. The predicted octanol–water partition coefficient (Wildman–Crippen LogP) is 2.82. The number of hydrogen-bond donors (Lipinski definition) is 1. The van der Waals surface area contributed by atoms with E-state index in [0.29, 0.717) is 24.3 Å². The predicted molar refractivity (Wildman–Crippen MR) is 74.6 cm³/mol. The van der Waals surface area contributed by atoms with E-state index in [2.05, 4.69) is 21.9 Å². The van der Waals surface area contributed by atoms with Gasteiger partial charge in [0.1, 0.15) is 12.4 Å². The van der Waals surface area contributed by atoms with E-state index in [-0.39, 0.29) is 0 Å². The van der Waals surface area contributed by atoms with E-state index in [1.807, 2.05) is 0 Å². The monoisotopic (exact) mass is 264 g/mol. The van der Waals surface area contributed by atoms with Crippen LogP contribution in [0.25, 0.3) is 0 Å². The van der Waals surface area contributed by atoms with Crippen LogP contribution in [0.3, 0.4) is 0 Å². The fourth-order valence-electron chi connectivity index (χ4n) is 2.55. The number of nitrogen functional groups attached to an aromatic ring is 1. The number of rotatable bonds is 5. The molecule has 2 rings (SSSR count). The van der Waals surface area contributed by atoms with Gasteiger partial charge in [0.05, 0.1) is 0 Å². The van der Waals surface area contributed by atoms with Crippen LogP contribution in [-0.2, 0) is 11.3 Å². The van der Waals surface area contributed by atoms with E-state index in [1.165, 1.54) is 38.5 Å². The first-order valence-corrected chi connectivity index (χ1v) is 7.37. The maximum absolute atomic E-state index is 5.79. The minimum absolute atomic E-state index is 0.323. The third kappa shape index (κ3) is 4.42. The van der Waals surface area contributed by atoms with Gasteiger partial charge >= 0.3 is 0 Å². The molecule has 0 aromatic carbocycles. The minimum Gasteiger partial charge on any atom is -0.373 e. The number of aromatic nitrogens is 3. The molecule has 0 spiro atoms. The molecular formula is C14H24N4O. The molecule has 2 N–H and O–H groups in total. The van der Waals surface area contributed by atoms with Gasteiger partial charge in [-0.2, -0.15) is 9.97 Å². The van der Waals surface area contributed by atoms with Crippen LogP contribution in [0.5, 0.6) is 0 Å². The van der Waals surface area contributed by atoms with Crippen molar-refractivity contribution in [1.82, 2.24) is 15.0 Å². The molecule has 5 heteroatoms. The van der Waals surface area contributed by atoms with Crippen molar-refractivity contribution < 1.29 is 4.74 Å². The van der Waals surface area contributed by atoms with Gasteiger partial charge in [-0.15, -0.1) is 0 Å². The van der Waals surface area contributed by atoms with E-state index in [0.717, 1.165) is 18.9 Å². The van der Waals surface area contributed by atoms with Crippen LogP contribution in [0.2, 0.25) is 0 Å². The quantitative estimate of drug-likeness (QED) is 0.654. The zero-order valence-electron chi connectivity index (χ0n) is 11.8. The summed E-state index contributed by atoms with van der Waals surface area (Å²) in [6.45, 7) is 3.24. The SMILES string of the molecule is CCCOCc1nc(N)nc(C2CCCCCC2)n1. The number of anilines is 1. The maximum Gasteiger partial charge on any atom is 0.223 e. The van der Waals surface area contributed by atoms with E-state index >= 15 is 0 Å². The molecule has 0 bridgehead atoms. The first-order valence-electron chi connectivity index (χ1n) is 7.37. The van der Waals surface area contributed by atoms with Gasteiger partial charge in [0, 0.05) is 12.5 Å². The molecule has 1 fully saturated rings. The molecule has 0 radical (unpaired) electrons. The summed E-state index contributed by atoms with van der Waals surface area (Å²) < 4.78 is 5.48. The second kappa shape index (κ2) is 7.38. The molecule has 1 aliphatic rings. The first kappa shape index (κ1) is 14.2. The van der Waals surface area contributed by atoms with Crippen LogP contribution in [0.15, 0.2) is 0 Å². The molecule has 0 saturated heterocycles. The largest absolute Gasteiger partial charge is 0.373 e. The van der Waals surface area contributed by atoms with Crippen molar-refractivity contribution in [2.75, 3.05) is 12.3 Å². The van der Waals surface area contributed by atoms with Crippen LogP contribution < -0.4 is 5.73 Å². The summed E-state index contributed by atoms with van der Waals surface area (Å²) in [6, 6.07) is 0. The fourth-order valence-corrected chi connectivity index (χ4v) is 2.55. The minimum atomic E-state index is 0.323. The Kier molecular flexibility index (Phi) is 5.51. The van der Waals surface area contributed by atoms with E-state index < -0.39 is 0 Å². The highest BCUT2D eigenvalue weighted by atomic mass is 16.5. The summed E-state index contributed by atoms with van der Waals surface area (Å²) in [4.78, 5) is 13.0. The molecular weight excluding hydrogens is 240 g/mol. The molecule has 19 heavy (non-hydrogen) atoms.